The van der Waals surface area contributed by atoms with Crippen LogP contribution in [0.3, 0.4) is 0 Å². The Morgan fingerprint density at radius 1 is 1.37 bits per heavy atom. The number of nitrogens with zero attached hydrogens (tertiary/aromatic N) is 1. The zero-order valence-electron chi connectivity index (χ0n) is 10.6. The Labute approximate surface area is 120 Å². The summed E-state index contributed by atoms with van der Waals surface area (Å²) < 4.78 is 6.27. The van der Waals surface area contributed by atoms with Gasteiger partial charge in [0.25, 0.3) is 0 Å². The summed E-state index contributed by atoms with van der Waals surface area (Å²) in [6.07, 6.45) is 0. The van der Waals surface area contributed by atoms with Crippen molar-refractivity contribution in [2.75, 3.05) is 5.32 Å². The van der Waals surface area contributed by atoms with Crippen LogP contribution in [0.2, 0.25) is 4.34 Å². The van der Waals surface area contributed by atoms with Crippen molar-refractivity contribution in [3.05, 3.63) is 45.4 Å². The molecule has 1 atom stereocenters. The minimum Gasteiger partial charge on any atom is -0.441 e. The number of hydrogen-bond donors (Lipinski definition) is 1. The lowest BCUT2D eigenvalue weighted by Crippen LogP contribution is -2.05. The van der Waals surface area contributed by atoms with E-state index in [1.165, 1.54) is 5.56 Å². The van der Waals surface area contributed by atoms with Crippen LogP contribution in [0.4, 0.5) is 5.69 Å². The highest BCUT2D eigenvalue weighted by Crippen LogP contribution is 2.28. The molecule has 5 heteroatoms. The lowest BCUT2D eigenvalue weighted by molar-refractivity contribution is 0.561. The third-order valence-electron chi connectivity index (χ3n) is 2.97. The van der Waals surface area contributed by atoms with Crippen molar-refractivity contribution in [1.82, 2.24) is 4.98 Å². The van der Waals surface area contributed by atoms with Gasteiger partial charge in [-0.2, -0.15) is 0 Å². The highest BCUT2D eigenvalue weighted by atomic mass is 35.5. The summed E-state index contributed by atoms with van der Waals surface area (Å²) >= 11 is 7.50. The van der Waals surface area contributed by atoms with Crippen molar-refractivity contribution in [3.8, 4) is 0 Å². The van der Waals surface area contributed by atoms with Crippen molar-refractivity contribution >= 4 is 39.7 Å². The number of hydrogen-bond acceptors (Lipinski definition) is 4. The highest BCUT2D eigenvalue weighted by Gasteiger charge is 2.09. The van der Waals surface area contributed by atoms with E-state index in [2.05, 4.69) is 22.6 Å². The van der Waals surface area contributed by atoms with Gasteiger partial charge in [-0.25, -0.2) is 4.98 Å². The fourth-order valence-electron chi connectivity index (χ4n) is 2.02. The van der Waals surface area contributed by atoms with Gasteiger partial charge < -0.3 is 9.73 Å². The molecule has 1 aromatic carbocycles. The molecule has 2 aromatic heterocycles. The number of anilines is 1. The normalized spacial score (nSPS) is 12.8. The summed E-state index contributed by atoms with van der Waals surface area (Å²) in [4.78, 5) is 4.33. The lowest BCUT2D eigenvalue weighted by atomic mass is 10.1. The van der Waals surface area contributed by atoms with Crippen LogP contribution in [0.5, 0.6) is 0 Å². The maximum atomic E-state index is 5.96. The molecular weight excluding hydrogens is 280 g/mol. The van der Waals surface area contributed by atoms with Crippen LogP contribution in [0.25, 0.3) is 11.1 Å². The predicted octanol–water partition coefficient (Wildman–Crippen LogP) is 5.02. The van der Waals surface area contributed by atoms with Gasteiger partial charge in [0, 0.05) is 18.7 Å². The molecule has 1 N–H and O–H groups in total. The van der Waals surface area contributed by atoms with Gasteiger partial charge in [-0.1, -0.05) is 11.6 Å². The van der Waals surface area contributed by atoms with Crippen molar-refractivity contribution in [1.29, 1.82) is 0 Å². The maximum absolute atomic E-state index is 5.96. The zero-order valence-corrected chi connectivity index (χ0v) is 12.2. The molecule has 3 aromatic rings. The monoisotopic (exact) mass is 292 g/mol. The van der Waals surface area contributed by atoms with Crippen LogP contribution in [0, 0.1) is 6.92 Å². The molecule has 0 aliphatic heterocycles. The molecule has 0 spiro atoms. The summed E-state index contributed by atoms with van der Waals surface area (Å²) in [6, 6.07) is 8.12. The third kappa shape index (κ3) is 2.60. The van der Waals surface area contributed by atoms with E-state index in [1.807, 2.05) is 31.2 Å². The Balaban J connectivity index is 1.84. The molecule has 0 saturated carbocycles. The Hall–Kier alpha value is -1.52. The van der Waals surface area contributed by atoms with E-state index in [4.69, 9.17) is 16.0 Å². The molecule has 0 fully saturated rings. The second-order valence-corrected chi connectivity index (χ2v) is 6.01. The number of fused-ring (bicyclic) bond motifs is 1. The van der Waals surface area contributed by atoms with Gasteiger partial charge in [0.15, 0.2) is 11.5 Å². The predicted molar refractivity (Wildman–Crippen MR) is 80.1 cm³/mol. The molecule has 3 nitrogen and oxygen atoms in total. The number of benzene rings is 1. The Bertz CT molecular complexity index is 719. The van der Waals surface area contributed by atoms with Crippen LogP contribution in [-0.4, -0.2) is 4.98 Å². The molecule has 0 bridgehead atoms. The summed E-state index contributed by atoms with van der Waals surface area (Å²) in [5.74, 6) is 0.685. The van der Waals surface area contributed by atoms with E-state index in [9.17, 15) is 0 Å². The number of aromatic nitrogens is 1. The van der Waals surface area contributed by atoms with Gasteiger partial charge >= 0.3 is 0 Å². The number of halogens is 1. The molecule has 1 unspecified atom stereocenters. The van der Waals surface area contributed by atoms with Gasteiger partial charge in [-0.05, 0) is 42.1 Å². The van der Waals surface area contributed by atoms with Gasteiger partial charge in [0.2, 0.25) is 0 Å². The third-order valence-corrected chi connectivity index (χ3v) is 4.07. The van der Waals surface area contributed by atoms with Crippen molar-refractivity contribution < 1.29 is 4.42 Å². The SMILES string of the molecule is Cc1nc2cc(NC(C)c3csc(Cl)c3)ccc2o1. The molecule has 3 rings (SSSR count). The first-order chi connectivity index (χ1) is 9.11. The Morgan fingerprint density at radius 3 is 2.95 bits per heavy atom. The summed E-state index contributed by atoms with van der Waals surface area (Å²) in [5, 5.41) is 5.51. The van der Waals surface area contributed by atoms with E-state index < -0.39 is 0 Å². The summed E-state index contributed by atoms with van der Waals surface area (Å²) in [7, 11) is 0. The van der Waals surface area contributed by atoms with E-state index in [-0.39, 0.29) is 6.04 Å². The minimum atomic E-state index is 0.203. The molecule has 0 saturated heterocycles. The van der Waals surface area contributed by atoms with E-state index in [0.29, 0.717) is 5.89 Å². The fourth-order valence-corrected chi connectivity index (χ4v) is 3.00. The number of thiophene rings is 1. The lowest BCUT2D eigenvalue weighted by Gasteiger charge is -2.13. The summed E-state index contributed by atoms with van der Waals surface area (Å²) in [5.41, 5.74) is 3.90. The average Bonchev–Trinajstić information content (AvgIpc) is 2.93. The molecular formula is C14H13ClN2OS. The highest BCUT2D eigenvalue weighted by molar-refractivity contribution is 7.14. The average molecular weight is 293 g/mol. The quantitative estimate of drug-likeness (QED) is 0.736. The van der Waals surface area contributed by atoms with Crippen LogP contribution in [-0.2, 0) is 0 Å². The van der Waals surface area contributed by atoms with E-state index >= 15 is 0 Å². The molecule has 0 amide bonds. The molecule has 0 aliphatic rings. The number of nitrogens with one attached hydrogen (secondary N) is 1. The van der Waals surface area contributed by atoms with Crippen LogP contribution < -0.4 is 5.32 Å². The molecule has 0 aliphatic carbocycles. The Morgan fingerprint density at radius 2 is 2.21 bits per heavy atom. The Kier molecular flexibility index (Phi) is 3.21. The smallest absolute Gasteiger partial charge is 0.192 e. The van der Waals surface area contributed by atoms with Crippen LogP contribution in [0.15, 0.2) is 34.1 Å². The molecule has 2 heterocycles. The van der Waals surface area contributed by atoms with Crippen molar-refractivity contribution in [2.24, 2.45) is 0 Å². The van der Waals surface area contributed by atoms with Gasteiger partial charge in [0.05, 0.1) is 4.34 Å². The number of aryl methyl sites for hydroxylation is 1. The van der Waals surface area contributed by atoms with Crippen LogP contribution in [0.1, 0.15) is 24.4 Å². The first-order valence-corrected chi connectivity index (χ1v) is 7.25. The number of oxazole rings is 1. The summed E-state index contributed by atoms with van der Waals surface area (Å²) in [6.45, 7) is 3.96. The zero-order chi connectivity index (χ0) is 13.4. The van der Waals surface area contributed by atoms with Gasteiger partial charge in [-0.3, -0.25) is 0 Å². The van der Waals surface area contributed by atoms with Crippen LogP contribution >= 0.6 is 22.9 Å². The van der Waals surface area contributed by atoms with Gasteiger partial charge in [-0.15, -0.1) is 11.3 Å². The molecule has 98 valence electrons. The second-order valence-electron chi connectivity index (χ2n) is 4.47. The van der Waals surface area contributed by atoms with Crippen molar-refractivity contribution in [2.45, 2.75) is 19.9 Å². The minimum absolute atomic E-state index is 0.203. The topological polar surface area (TPSA) is 38.1 Å². The molecule has 19 heavy (non-hydrogen) atoms. The first kappa shape index (κ1) is 12.5. The maximum Gasteiger partial charge on any atom is 0.192 e. The first-order valence-electron chi connectivity index (χ1n) is 5.99. The number of rotatable bonds is 3. The van der Waals surface area contributed by atoms with Gasteiger partial charge in [0.1, 0.15) is 5.52 Å². The van der Waals surface area contributed by atoms with Crippen molar-refractivity contribution in [3.63, 3.8) is 0 Å². The largest absolute Gasteiger partial charge is 0.441 e. The second kappa shape index (κ2) is 4.87. The van der Waals surface area contributed by atoms with E-state index in [0.717, 1.165) is 21.1 Å². The standard InChI is InChI=1S/C14H13ClN2OS/c1-8(10-5-14(15)19-7-10)16-11-3-4-13-12(6-11)17-9(2)18-13/h3-8,16H,1-2H3. The molecule has 0 radical (unpaired) electrons. The van der Waals surface area contributed by atoms with E-state index in [1.54, 1.807) is 11.3 Å². The fraction of sp³-hybridized carbons (Fsp3) is 0.214.